The van der Waals surface area contributed by atoms with E-state index in [0.29, 0.717) is 22.5 Å². The van der Waals surface area contributed by atoms with Crippen molar-refractivity contribution >= 4 is 17.3 Å². The lowest BCUT2D eigenvalue weighted by atomic mass is 10.0. The predicted molar refractivity (Wildman–Crippen MR) is 99.2 cm³/mol. The number of hydrogen-bond donors (Lipinski definition) is 2. The minimum Gasteiger partial charge on any atom is -0.508 e. The summed E-state index contributed by atoms with van der Waals surface area (Å²) in [7, 11) is 0. The van der Waals surface area contributed by atoms with E-state index in [-0.39, 0.29) is 11.7 Å². The Morgan fingerprint density at radius 1 is 0.893 bits per heavy atom. The molecule has 2 N–H and O–H groups in total. The molecule has 0 saturated carbocycles. The number of rotatable bonds is 2. The number of carbonyl (C=O) groups excluding carboxylic acids is 1. The number of phenolic OH excluding ortho intramolecular Hbond substituents is 1. The summed E-state index contributed by atoms with van der Waals surface area (Å²) in [5, 5.41) is 12.8. The van der Waals surface area contributed by atoms with Crippen molar-refractivity contribution in [3.63, 3.8) is 0 Å². The quantitative estimate of drug-likeness (QED) is 0.640. The monoisotopic (exact) mass is 384 g/mol. The van der Waals surface area contributed by atoms with Crippen LogP contribution in [0.4, 0.5) is 24.5 Å². The van der Waals surface area contributed by atoms with Crippen LogP contribution in [0.3, 0.4) is 0 Å². The van der Waals surface area contributed by atoms with Gasteiger partial charge >= 0.3 is 6.18 Å². The molecule has 28 heavy (non-hydrogen) atoms. The summed E-state index contributed by atoms with van der Waals surface area (Å²) in [4.78, 5) is 14.6. The molecule has 142 valence electrons. The Hall–Kier alpha value is -3.48. The van der Waals surface area contributed by atoms with Gasteiger partial charge in [-0.2, -0.15) is 13.2 Å². The molecule has 7 heteroatoms. The third-order valence-corrected chi connectivity index (χ3v) is 4.61. The number of amides is 1. The number of carbonyl (C=O) groups is 1. The molecule has 0 aromatic heterocycles. The Morgan fingerprint density at radius 2 is 1.54 bits per heavy atom. The molecule has 3 aromatic rings. The van der Waals surface area contributed by atoms with Crippen LogP contribution < -0.4 is 10.2 Å². The zero-order valence-electron chi connectivity index (χ0n) is 14.4. The largest absolute Gasteiger partial charge is 0.508 e. The lowest BCUT2D eigenvalue weighted by molar-refractivity contribution is -0.137. The van der Waals surface area contributed by atoms with Gasteiger partial charge in [0.2, 0.25) is 0 Å². The van der Waals surface area contributed by atoms with Crippen molar-refractivity contribution in [2.75, 3.05) is 10.2 Å². The van der Waals surface area contributed by atoms with Crippen LogP contribution in [0.25, 0.3) is 0 Å². The van der Waals surface area contributed by atoms with E-state index in [4.69, 9.17) is 0 Å². The van der Waals surface area contributed by atoms with Gasteiger partial charge in [0.25, 0.3) is 5.91 Å². The fourth-order valence-electron chi connectivity index (χ4n) is 3.22. The molecule has 1 amide bonds. The van der Waals surface area contributed by atoms with Gasteiger partial charge < -0.3 is 10.4 Å². The summed E-state index contributed by atoms with van der Waals surface area (Å²) in [5.41, 5.74) is 1.32. The summed E-state index contributed by atoms with van der Waals surface area (Å²) in [6, 6.07) is 17.7. The highest BCUT2D eigenvalue weighted by Gasteiger charge is 2.35. The maximum Gasteiger partial charge on any atom is 0.416 e. The van der Waals surface area contributed by atoms with Crippen LogP contribution in [0.5, 0.6) is 5.75 Å². The molecule has 0 aliphatic carbocycles. The summed E-state index contributed by atoms with van der Waals surface area (Å²) in [6.45, 7) is 0. The van der Waals surface area contributed by atoms with Gasteiger partial charge in [0.1, 0.15) is 11.9 Å². The normalized spacial score (nSPS) is 16.5. The molecule has 0 bridgehead atoms. The van der Waals surface area contributed by atoms with Gasteiger partial charge in [0.05, 0.1) is 11.1 Å². The summed E-state index contributed by atoms with van der Waals surface area (Å²) >= 11 is 0. The molecule has 0 unspecified atom stereocenters. The smallest absolute Gasteiger partial charge is 0.416 e. The highest BCUT2D eigenvalue weighted by atomic mass is 19.4. The minimum atomic E-state index is -4.43. The molecule has 4 rings (SSSR count). The van der Waals surface area contributed by atoms with Crippen molar-refractivity contribution in [1.82, 2.24) is 0 Å². The Bertz CT molecular complexity index is 1020. The van der Waals surface area contributed by atoms with Gasteiger partial charge in [-0.3, -0.25) is 9.69 Å². The van der Waals surface area contributed by atoms with E-state index in [2.05, 4.69) is 5.32 Å². The van der Waals surface area contributed by atoms with Crippen LogP contribution >= 0.6 is 0 Å². The zero-order chi connectivity index (χ0) is 19.9. The fraction of sp³-hybridized carbons (Fsp3) is 0.0952. The Labute approximate surface area is 158 Å². The van der Waals surface area contributed by atoms with Crippen LogP contribution in [-0.2, 0) is 6.18 Å². The van der Waals surface area contributed by atoms with Gasteiger partial charge in [-0.1, -0.05) is 24.3 Å². The molecule has 0 fully saturated rings. The molecule has 0 saturated heterocycles. The number of benzene rings is 3. The van der Waals surface area contributed by atoms with E-state index in [1.54, 1.807) is 36.4 Å². The first kappa shape index (κ1) is 17.9. The number of hydrogen-bond acceptors (Lipinski definition) is 3. The number of nitrogens with one attached hydrogen (secondary N) is 1. The lowest BCUT2D eigenvalue weighted by Crippen LogP contribution is -2.43. The first-order valence-corrected chi connectivity index (χ1v) is 8.50. The van der Waals surface area contributed by atoms with Crippen molar-refractivity contribution in [2.45, 2.75) is 12.3 Å². The van der Waals surface area contributed by atoms with Gasteiger partial charge in [0.15, 0.2) is 0 Å². The van der Waals surface area contributed by atoms with E-state index >= 15 is 0 Å². The average Bonchev–Trinajstić information content (AvgIpc) is 2.68. The van der Waals surface area contributed by atoms with Gasteiger partial charge in [0, 0.05) is 11.4 Å². The van der Waals surface area contributed by atoms with Crippen LogP contribution in [-0.4, -0.2) is 11.0 Å². The van der Waals surface area contributed by atoms with E-state index in [1.807, 2.05) is 0 Å². The summed E-state index contributed by atoms with van der Waals surface area (Å²) in [5.74, 6) is -0.238. The van der Waals surface area contributed by atoms with Crippen molar-refractivity contribution in [3.05, 3.63) is 89.5 Å². The van der Waals surface area contributed by atoms with Gasteiger partial charge in [-0.15, -0.1) is 0 Å². The maximum absolute atomic E-state index is 13.2. The number of fused-ring (bicyclic) bond motifs is 1. The van der Waals surface area contributed by atoms with Gasteiger partial charge in [-0.25, -0.2) is 0 Å². The third-order valence-electron chi connectivity index (χ3n) is 4.61. The van der Waals surface area contributed by atoms with Crippen molar-refractivity contribution in [1.29, 1.82) is 0 Å². The molecule has 0 radical (unpaired) electrons. The number of phenols is 1. The molecule has 3 aromatic carbocycles. The highest BCUT2D eigenvalue weighted by molar-refractivity contribution is 6.12. The van der Waals surface area contributed by atoms with E-state index in [0.717, 1.165) is 12.1 Å². The number of para-hydroxylation sites is 1. The Balaban J connectivity index is 1.80. The molecule has 1 atom stereocenters. The molecule has 1 heterocycles. The number of alkyl halides is 3. The first-order chi connectivity index (χ1) is 13.3. The highest BCUT2D eigenvalue weighted by Crippen LogP contribution is 2.38. The Morgan fingerprint density at radius 3 is 2.18 bits per heavy atom. The number of aromatic hydroxyl groups is 1. The number of anilines is 2. The van der Waals surface area contributed by atoms with E-state index in [9.17, 15) is 23.1 Å². The standard InChI is InChI=1S/C21H15F3N2O2/c22-21(23,24)14-7-5-13(6-8-14)19-25-18-4-2-1-3-17(18)20(28)26(19)15-9-11-16(27)12-10-15/h1-12,19,25,27H/t19-/m1/s1. The fourth-order valence-corrected chi connectivity index (χ4v) is 3.22. The molecule has 1 aliphatic heterocycles. The lowest BCUT2D eigenvalue weighted by Gasteiger charge is -2.38. The maximum atomic E-state index is 13.2. The second-order valence-electron chi connectivity index (χ2n) is 6.40. The molecule has 1 aliphatic rings. The molecular formula is C21H15F3N2O2. The molecule has 4 nitrogen and oxygen atoms in total. The zero-order valence-corrected chi connectivity index (χ0v) is 14.4. The van der Waals surface area contributed by atoms with Crippen molar-refractivity contribution < 1.29 is 23.1 Å². The number of nitrogens with zero attached hydrogens (tertiary/aromatic N) is 1. The molecule has 0 spiro atoms. The van der Waals surface area contributed by atoms with Crippen LogP contribution in [0, 0.1) is 0 Å². The summed E-state index contributed by atoms with van der Waals surface area (Å²) in [6.07, 6.45) is -5.13. The topological polar surface area (TPSA) is 52.6 Å². The van der Waals surface area contributed by atoms with Gasteiger partial charge in [-0.05, 0) is 54.1 Å². The third kappa shape index (κ3) is 3.15. The molecular weight excluding hydrogens is 369 g/mol. The first-order valence-electron chi connectivity index (χ1n) is 8.50. The summed E-state index contributed by atoms with van der Waals surface area (Å²) < 4.78 is 38.7. The predicted octanol–water partition coefficient (Wildman–Crippen LogP) is 5.18. The van der Waals surface area contributed by atoms with Crippen molar-refractivity contribution in [3.8, 4) is 5.75 Å². The van der Waals surface area contributed by atoms with E-state index < -0.39 is 17.9 Å². The average molecular weight is 384 g/mol. The SMILES string of the molecule is O=C1c2ccccc2N[C@@H](c2ccc(C(F)(F)F)cc2)N1c1ccc(O)cc1. The second kappa shape index (κ2) is 6.60. The minimum absolute atomic E-state index is 0.0487. The van der Waals surface area contributed by atoms with Crippen LogP contribution in [0.15, 0.2) is 72.8 Å². The van der Waals surface area contributed by atoms with E-state index in [1.165, 1.54) is 29.2 Å². The Kier molecular flexibility index (Phi) is 4.22. The van der Waals surface area contributed by atoms with Crippen molar-refractivity contribution in [2.24, 2.45) is 0 Å². The van der Waals surface area contributed by atoms with Crippen LogP contribution in [0.1, 0.15) is 27.7 Å². The number of halogens is 3. The van der Waals surface area contributed by atoms with Crippen LogP contribution in [0.2, 0.25) is 0 Å². The second-order valence-corrected chi connectivity index (χ2v) is 6.40.